The molecular weight excluding hydrogens is 364 g/mol. The molecule has 3 rings (SSSR count). The Labute approximate surface area is 153 Å². The van der Waals surface area contributed by atoms with Crippen molar-refractivity contribution < 1.29 is 13.5 Å². The first-order chi connectivity index (χ1) is 12.5. The number of hydrogen-bond acceptors (Lipinski definition) is 6. The Hall–Kier alpha value is -3.00. The summed E-state index contributed by atoms with van der Waals surface area (Å²) in [6, 6.07) is 6.97. The summed E-state index contributed by atoms with van der Waals surface area (Å²) in [5.74, 6) is -0.758. The fourth-order valence-electron chi connectivity index (χ4n) is 2.21. The summed E-state index contributed by atoms with van der Waals surface area (Å²) >= 11 is 6.08. The van der Waals surface area contributed by atoms with Crippen LogP contribution in [0.25, 0.3) is 0 Å². The highest BCUT2D eigenvalue weighted by atomic mass is 35.5. The minimum atomic E-state index is -0.742. The number of nitrogens with one attached hydrogen (secondary N) is 2. The highest BCUT2D eigenvalue weighted by Gasteiger charge is 2.12. The van der Waals surface area contributed by atoms with Crippen LogP contribution in [0.15, 0.2) is 36.5 Å². The van der Waals surface area contributed by atoms with E-state index in [-0.39, 0.29) is 17.5 Å². The third kappa shape index (κ3) is 3.80. The molecule has 1 aromatic heterocycles. The molecule has 0 spiro atoms. The number of hydrogen-bond donors (Lipinski definition) is 2. The smallest absolute Gasteiger partial charge is 0.249 e. The SMILES string of the molecule is COc1cc(Cl)c(C)cc1Nc1nncc(Nc2c(F)cccc2F)n1. The number of ether oxygens (including phenoxy) is 1. The first kappa shape index (κ1) is 17.8. The zero-order chi connectivity index (χ0) is 18.7. The number of benzene rings is 2. The van der Waals surface area contributed by atoms with Gasteiger partial charge >= 0.3 is 0 Å². The molecule has 0 saturated heterocycles. The molecule has 0 aliphatic carbocycles. The van der Waals surface area contributed by atoms with Gasteiger partial charge in [-0.1, -0.05) is 17.7 Å². The zero-order valence-electron chi connectivity index (χ0n) is 13.8. The van der Waals surface area contributed by atoms with Crippen molar-refractivity contribution in [3.05, 3.63) is 58.7 Å². The molecule has 0 atom stereocenters. The van der Waals surface area contributed by atoms with Gasteiger partial charge in [0.1, 0.15) is 23.1 Å². The molecule has 0 aliphatic rings. The second-order valence-electron chi connectivity index (χ2n) is 5.31. The molecule has 2 aromatic carbocycles. The number of anilines is 4. The van der Waals surface area contributed by atoms with Gasteiger partial charge in [-0.05, 0) is 30.7 Å². The molecule has 9 heteroatoms. The van der Waals surface area contributed by atoms with Crippen LogP contribution in [0, 0.1) is 18.6 Å². The van der Waals surface area contributed by atoms with E-state index in [0.29, 0.717) is 16.5 Å². The highest BCUT2D eigenvalue weighted by molar-refractivity contribution is 6.31. The average molecular weight is 378 g/mol. The van der Waals surface area contributed by atoms with E-state index in [0.717, 1.165) is 17.7 Å². The summed E-state index contributed by atoms with van der Waals surface area (Å²) in [6.07, 6.45) is 1.25. The Morgan fingerprint density at radius 1 is 1.12 bits per heavy atom. The van der Waals surface area contributed by atoms with Gasteiger partial charge in [-0.2, -0.15) is 10.1 Å². The van der Waals surface area contributed by atoms with Gasteiger partial charge in [0.25, 0.3) is 0 Å². The van der Waals surface area contributed by atoms with Gasteiger partial charge in [-0.3, -0.25) is 0 Å². The second-order valence-corrected chi connectivity index (χ2v) is 5.72. The topological polar surface area (TPSA) is 72.0 Å². The predicted octanol–water partition coefficient (Wildman–Crippen LogP) is 4.61. The number of aryl methyl sites for hydroxylation is 1. The first-order valence-corrected chi connectivity index (χ1v) is 7.87. The van der Waals surface area contributed by atoms with Crippen LogP contribution in [0.3, 0.4) is 0 Å². The number of halogens is 3. The molecule has 0 fully saturated rings. The summed E-state index contributed by atoms with van der Waals surface area (Å²) in [4.78, 5) is 4.16. The molecule has 1 heterocycles. The lowest BCUT2D eigenvalue weighted by molar-refractivity contribution is 0.416. The van der Waals surface area contributed by atoms with Crippen molar-refractivity contribution in [2.45, 2.75) is 6.92 Å². The summed E-state index contributed by atoms with van der Waals surface area (Å²) in [5.41, 5.74) is 1.08. The number of nitrogens with zero attached hydrogens (tertiary/aromatic N) is 3. The third-order valence-electron chi connectivity index (χ3n) is 3.50. The monoisotopic (exact) mass is 377 g/mol. The summed E-state index contributed by atoms with van der Waals surface area (Å²) in [5, 5.41) is 13.7. The maximum atomic E-state index is 13.8. The van der Waals surface area contributed by atoms with Crippen molar-refractivity contribution >= 4 is 34.7 Å². The van der Waals surface area contributed by atoms with Crippen molar-refractivity contribution in [2.24, 2.45) is 0 Å². The molecule has 0 aliphatic heterocycles. The van der Waals surface area contributed by atoms with Crippen molar-refractivity contribution in [2.75, 3.05) is 17.7 Å². The van der Waals surface area contributed by atoms with Crippen LogP contribution >= 0.6 is 11.6 Å². The first-order valence-electron chi connectivity index (χ1n) is 7.50. The lowest BCUT2D eigenvalue weighted by Gasteiger charge is -2.12. The van der Waals surface area contributed by atoms with Crippen LogP contribution in [-0.2, 0) is 0 Å². The molecule has 0 unspecified atom stereocenters. The zero-order valence-corrected chi connectivity index (χ0v) is 14.6. The average Bonchev–Trinajstić information content (AvgIpc) is 2.61. The van der Waals surface area contributed by atoms with Crippen LogP contribution in [0.1, 0.15) is 5.56 Å². The standard InChI is InChI=1S/C17H14ClF2N5O/c1-9-6-13(14(26-2)7-10(9)18)22-17-24-15(8-21-25-17)23-16-11(19)4-3-5-12(16)20/h3-8H,1-2H3,(H2,22,23,24,25). The quantitative estimate of drug-likeness (QED) is 0.676. The lowest BCUT2D eigenvalue weighted by atomic mass is 10.2. The lowest BCUT2D eigenvalue weighted by Crippen LogP contribution is -2.05. The van der Waals surface area contributed by atoms with Crippen LogP contribution in [0.5, 0.6) is 5.75 Å². The van der Waals surface area contributed by atoms with E-state index in [2.05, 4.69) is 25.8 Å². The minimum absolute atomic E-state index is 0.117. The summed E-state index contributed by atoms with van der Waals surface area (Å²) < 4.78 is 32.8. The van der Waals surface area contributed by atoms with Crippen molar-refractivity contribution in [3.63, 3.8) is 0 Å². The maximum absolute atomic E-state index is 13.8. The Bertz CT molecular complexity index is 934. The van der Waals surface area contributed by atoms with Crippen molar-refractivity contribution in [1.82, 2.24) is 15.2 Å². The fraction of sp³-hybridized carbons (Fsp3) is 0.118. The van der Waals surface area contributed by atoms with E-state index in [9.17, 15) is 8.78 Å². The maximum Gasteiger partial charge on any atom is 0.249 e. The summed E-state index contributed by atoms with van der Waals surface area (Å²) in [7, 11) is 1.50. The van der Waals surface area contributed by atoms with Crippen LogP contribution in [0.2, 0.25) is 5.02 Å². The van der Waals surface area contributed by atoms with Crippen molar-refractivity contribution in [1.29, 1.82) is 0 Å². The molecule has 0 amide bonds. The van der Waals surface area contributed by atoms with Crippen molar-refractivity contribution in [3.8, 4) is 5.75 Å². The molecule has 0 radical (unpaired) electrons. The van der Waals surface area contributed by atoms with E-state index in [4.69, 9.17) is 16.3 Å². The van der Waals surface area contributed by atoms with Gasteiger partial charge in [0.15, 0.2) is 5.82 Å². The highest BCUT2D eigenvalue weighted by Crippen LogP contribution is 2.32. The van der Waals surface area contributed by atoms with Gasteiger partial charge < -0.3 is 15.4 Å². The third-order valence-corrected chi connectivity index (χ3v) is 3.91. The Balaban J connectivity index is 1.88. The van der Waals surface area contributed by atoms with E-state index in [1.807, 2.05) is 6.92 Å². The van der Waals surface area contributed by atoms with E-state index in [1.54, 1.807) is 12.1 Å². The number of rotatable bonds is 5. The molecule has 134 valence electrons. The Kier molecular flexibility index (Phi) is 5.13. The van der Waals surface area contributed by atoms with Gasteiger partial charge in [0.2, 0.25) is 5.95 Å². The fourth-order valence-corrected chi connectivity index (χ4v) is 2.37. The van der Waals surface area contributed by atoms with E-state index >= 15 is 0 Å². The van der Waals surface area contributed by atoms with Gasteiger partial charge in [-0.25, -0.2) is 8.78 Å². The minimum Gasteiger partial charge on any atom is -0.495 e. The Morgan fingerprint density at radius 3 is 2.54 bits per heavy atom. The molecule has 2 N–H and O–H groups in total. The van der Waals surface area contributed by atoms with Crippen LogP contribution in [0.4, 0.5) is 31.9 Å². The molecule has 26 heavy (non-hydrogen) atoms. The van der Waals surface area contributed by atoms with E-state index < -0.39 is 11.6 Å². The molecule has 6 nitrogen and oxygen atoms in total. The Morgan fingerprint density at radius 2 is 1.85 bits per heavy atom. The predicted molar refractivity (Wildman–Crippen MR) is 95.5 cm³/mol. The van der Waals surface area contributed by atoms with Gasteiger partial charge in [0, 0.05) is 11.1 Å². The van der Waals surface area contributed by atoms with Crippen LogP contribution in [-0.4, -0.2) is 22.3 Å². The number of para-hydroxylation sites is 1. The molecule has 0 bridgehead atoms. The normalized spacial score (nSPS) is 10.5. The van der Waals surface area contributed by atoms with Crippen LogP contribution < -0.4 is 15.4 Å². The summed E-state index contributed by atoms with van der Waals surface area (Å²) in [6.45, 7) is 1.84. The molecular formula is C17H14ClF2N5O. The molecule has 0 saturated carbocycles. The van der Waals surface area contributed by atoms with Gasteiger partial charge in [0.05, 0.1) is 19.0 Å². The number of methoxy groups -OCH3 is 1. The van der Waals surface area contributed by atoms with E-state index in [1.165, 1.54) is 19.4 Å². The largest absolute Gasteiger partial charge is 0.495 e. The van der Waals surface area contributed by atoms with Gasteiger partial charge in [-0.15, -0.1) is 5.10 Å². The second kappa shape index (κ2) is 7.49. The molecule has 3 aromatic rings. The number of aromatic nitrogens is 3.